The predicted octanol–water partition coefficient (Wildman–Crippen LogP) is 2.03. The summed E-state index contributed by atoms with van der Waals surface area (Å²) in [4.78, 5) is 13.7. The number of hydrogen-bond donors (Lipinski definition) is 1. The molecule has 2 aromatic carbocycles. The lowest BCUT2D eigenvalue weighted by Crippen LogP contribution is -2.26. The number of fused-ring (bicyclic) bond motifs is 1. The third-order valence-corrected chi connectivity index (χ3v) is 5.93. The molecule has 0 spiro atoms. The van der Waals surface area contributed by atoms with Crippen molar-refractivity contribution in [2.75, 3.05) is 18.5 Å². The molecule has 1 aliphatic heterocycles. The number of rotatable bonds is 5. The lowest BCUT2D eigenvalue weighted by molar-refractivity contribution is -0.117. The Hall–Kier alpha value is -2.18. The SMILES string of the molecule is Cc1ccccc1S(=O)(=O)NCCc1ccc2c(c1)CC(=O)N2C. The molecule has 24 heavy (non-hydrogen) atoms. The second-order valence-electron chi connectivity index (χ2n) is 6.01. The number of likely N-dealkylation sites (N-methyl/N-ethyl adjacent to an activating group) is 1. The van der Waals surface area contributed by atoms with E-state index in [1.54, 1.807) is 37.1 Å². The fourth-order valence-corrected chi connectivity index (χ4v) is 4.22. The van der Waals surface area contributed by atoms with Crippen molar-refractivity contribution >= 4 is 21.6 Å². The zero-order chi connectivity index (χ0) is 17.3. The van der Waals surface area contributed by atoms with Crippen molar-refractivity contribution < 1.29 is 13.2 Å². The molecule has 0 saturated heterocycles. The molecule has 1 N–H and O–H groups in total. The fraction of sp³-hybridized carbons (Fsp3) is 0.278. The molecule has 6 heteroatoms. The summed E-state index contributed by atoms with van der Waals surface area (Å²) in [6, 6.07) is 12.8. The van der Waals surface area contributed by atoms with Gasteiger partial charge in [0.1, 0.15) is 0 Å². The van der Waals surface area contributed by atoms with Crippen LogP contribution in [0.25, 0.3) is 0 Å². The zero-order valence-corrected chi connectivity index (χ0v) is 14.6. The van der Waals surface area contributed by atoms with Gasteiger partial charge in [-0.2, -0.15) is 0 Å². The van der Waals surface area contributed by atoms with Gasteiger partial charge in [-0.3, -0.25) is 4.79 Å². The summed E-state index contributed by atoms with van der Waals surface area (Å²) in [5.41, 5.74) is 3.68. The van der Waals surface area contributed by atoms with Gasteiger partial charge in [0, 0.05) is 19.3 Å². The summed E-state index contributed by atoms with van der Waals surface area (Å²) in [6.45, 7) is 2.10. The van der Waals surface area contributed by atoms with Crippen molar-refractivity contribution in [3.05, 3.63) is 59.2 Å². The van der Waals surface area contributed by atoms with Crippen LogP contribution >= 0.6 is 0 Å². The van der Waals surface area contributed by atoms with E-state index in [4.69, 9.17) is 0 Å². The number of carbonyl (C=O) groups is 1. The highest BCUT2D eigenvalue weighted by Gasteiger charge is 2.23. The van der Waals surface area contributed by atoms with Crippen molar-refractivity contribution in [2.24, 2.45) is 0 Å². The standard InChI is InChI=1S/C18H20N2O3S/c1-13-5-3-4-6-17(13)24(22,23)19-10-9-14-7-8-16-15(11-14)12-18(21)20(16)2/h3-8,11,19H,9-10,12H2,1-2H3. The molecule has 1 heterocycles. The van der Waals surface area contributed by atoms with Crippen LogP contribution in [0.4, 0.5) is 5.69 Å². The molecule has 1 aliphatic rings. The minimum Gasteiger partial charge on any atom is -0.315 e. The molecular weight excluding hydrogens is 324 g/mol. The first-order valence-corrected chi connectivity index (χ1v) is 9.30. The molecule has 0 atom stereocenters. The third kappa shape index (κ3) is 3.20. The number of aryl methyl sites for hydroxylation is 1. The van der Waals surface area contributed by atoms with E-state index in [0.29, 0.717) is 24.3 Å². The number of nitrogens with one attached hydrogen (secondary N) is 1. The van der Waals surface area contributed by atoms with E-state index in [9.17, 15) is 13.2 Å². The maximum absolute atomic E-state index is 12.4. The highest BCUT2D eigenvalue weighted by atomic mass is 32.2. The van der Waals surface area contributed by atoms with Crippen molar-refractivity contribution in [3.63, 3.8) is 0 Å². The first-order valence-electron chi connectivity index (χ1n) is 7.82. The Labute approximate surface area is 142 Å². The molecule has 0 fully saturated rings. The molecule has 0 bridgehead atoms. The molecule has 0 aromatic heterocycles. The summed E-state index contributed by atoms with van der Waals surface area (Å²) in [7, 11) is -1.73. The number of carbonyl (C=O) groups excluding carboxylic acids is 1. The molecule has 1 amide bonds. The van der Waals surface area contributed by atoms with Crippen LogP contribution in [0.15, 0.2) is 47.4 Å². The Kier molecular flexibility index (Phi) is 4.43. The van der Waals surface area contributed by atoms with Gasteiger partial charge in [0.05, 0.1) is 11.3 Å². The summed E-state index contributed by atoms with van der Waals surface area (Å²) < 4.78 is 27.4. The van der Waals surface area contributed by atoms with Gasteiger partial charge < -0.3 is 4.90 Å². The smallest absolute Gasteiger partial charge is 0.240 e. The van der Waals surface area contributed by atoms with E-state index in [2.05, 4.69) is 4.72 Å². The van der Waals surface area contributed by atoms with Gasteiger partial charge in [-0.05, 0) is 42.2 Å². The molecule has 0 radical (unpaired) electrons. The predicted molar refractivity (Wildman–Crippen MR) is 93.6 cm³/mol. The lowest BCUT2D eigenvalue weighted by Gasteiger charge is -2.11. The third-order valence-electron chi connectivity index (χ3n) is 4.31. The van der Waals surface area contributed by atoms with Gasteiger partial charge >= 0.3 is 0 Å². The van der Waals surface area contributed by atoms with Gasteiger partial charge in [-0.15, -0.1) is 0 Å². The first-order chi connectivity index (χ1) is 11.4. The quantitative estimate of drug-likeness (QED) is 0.902. The van der Waals surface area contributed by atoms with Crippen molar-refractivity contribution in [3.8, 4) is 0 Å². The number of amides is 1. The van der Waals surface area contributed by atoms with E-state index >= 15 is 0 Å². The van der Waals surface area contributed by atoms with E-state index in [0.717, 1.165) is 22.4 Å². The summed E-state index contributed by atoms with van der Waals surface area (Å²) in [6.07, 6.45) is 0.991. The van der Waals surface area contributed by atoms with Crippen LogP contribution < -0.4 is 9.62 Å². The second kappa shape index (κ2) is 6.37. The van der Waals surface area contributed by atoms with E-state index in [1.807, 2.05) is 24.3 Å². The largest absolute Gasteiger partial charge is 0.315 e. The van der Waals surface area contributed by atoms with E-state index in [-0.39, 0.29) is 5.91 Å². The number of hydrogen-bond acceptors (Lipinski definition) is 3. The molecule has 5 nitrogen and oxygen atoms in total. The number of nitrogens with zero attached hydrogens (tertiary/aromatic N) is 1. The van der Waals surface area contributed by atoms with Crippen molar-refractivity contribution in [1.82, 2.24) is 4.72 Å². The number of anilines is 1. The first kappa shape index (κ1) is 16.7. The highest BCUT2D eigenvalue weighted by molar-refractivity contribution is 7.89. The van der Waals surface area contributed by atoms with Crippen LogP contribution in [0.2, 0.25) is 0 Å². The van der Waals surface area contributed by atoms with Gasteiger partial charge in [0.2, 0.25) is 15.9 Å². The van der Waals surface area contributed by atoms with Crippen LogP contribution in [0.3, 0.4) is 0 Å². The normalized spacial score (nSPS) is 14.1. The molecule has 0 unspecified atom stereocenters. The van der Waals surface area contributed by atoms with Crippen LogP contribution in [0.5, 0.6) is 0 Å². The molecular formula is C18H20N2O3S. The molecule has 0 saturated carbocycles. The van der Waals surface area contributed by atoms with Crippen molar-refractivity contribution in [2.45, 2.75) is 24.7 Å². The Balaban J connectivity index is 1.66. The van der Waals surface area contributed by atoms with Gasteiger partial charge in [0.15, 0.2) is 0 Å². The van der Waals surface area contributed by atoms with E-state index < -0.39 is 10.0 Å². The average Bonchev–Trinajstić information content (AvgIpc) is 2.82. The summed E-state index contributed by atoms with van der Waals surface area (Å²) >= 11 is 0. The van der Waals surface area contributed by atoms with Crippen molar-refractivity contribution in [1.29, 1.82) is 0 Å². The van der Waals surface area contributed by atoms with Gasteiger partial charge in [0.25, 0.3) is 0 Å². The topological polar surface area (TPSA) is 66.5 Å². The average molecular weight is 344 g/mol. The Morgan fingerprint density at radius 1 is 1.17 bits per heavy atom. The monoisotopic (exact) mass is 344 g/mol. The molecule has 2 aromatic rings. The molecule has 126 valence electrons. The fourth-order valence-electron chi connectivity index (χ4n) is 2.94. The second-order valence-corrected chi connectivity index (χ2v) is 7.74. The number of sulfonamides is 1. The van der Waals surface area contributed by atoms with Crippen LogP contribution in [0.1, 0.15) is 16.7 Å². The van der Waals surface area contributed by atoms with Gasteiger partial charge in [-0.1, -0.05) is 30.3 Å². The lowest BCUT2D eigenvalue weighted by atomic mass is 10.1. The minimum atomic E-state index is -3.50. The van der Waals surface area contributed by atoms with Crippen LogP contribution in [-0.2, 0) is 27.7 Å². The Bertz CT molecular complexity index is 891. The minimum absolute atomic E-state index is 0.0856. The molecule has 3 rings (SSSR count). The Morgan fingerprint density at radius 3 is 2.67 bits per heavy atom. The van der Waals surface area contributed by atoms with Crippen LogP contribution in [0, 0.1) is 6.92 Å². The zero-order valence-electron chi connectivity index (χ0n) is 13.7. The highest BCUT2D eigenvalue weighted by Crippen LogP contribution is 2.28. The van der Waals surface area contributed by atoms with Crippen LogP contribution in [-0.4, -0.2) is 27.9 Å². The summed E-state index contributed by atoms with van der Waals surface area (Å²) in [5, 5.41) is 0. The maximum Gasteiger partial charge on any atom is 0.240 e. The molecule has 0 aliphatic carbocycles. The maximum atomic E-state index is 12.4. The van der Waals surface area contributed by atoms with E-state index in [1.165, 1.54) is 0 Å². The van der Waals surface area contributed by atoms with Gasteiger partial charge in [-0.25, -0.2) is 13.1 Å². The Morgan fingerprint density at radius 2 is 1.92 bits per heavy atom. The summed E-state index contributed by atoms with van der Waals surface area (Å²) in [5.74, 6) is 0.0856. The number of benzene rings is 2.